The molecule has 0 spiro atoms. The Morgan fingerprint density at radius 3 is 2.53 bits per heavy atom. The lowest BCUT2D eigenvalue weighted by molar-refractivity contribution is 0.0939. The van der Waals surface area contributed by atoms with Crippen LogP contribution in [0.2, 0.25) is 0 Å². The summed E-state index contributed by atoms with van der Waals surface area (Å²) in [6.07, 6.45) is 2.97. The van der Waals surface area contributed by atoms with E-state index in [2.05, 4.69) is 12.2 Å². The average molecular weight is 284 g/mol. The smallest absolute Gasteiger partial charge is 0.251 e. The van der Waals surface area contributed by atoms with Crippen LogP contribution in [-0.2, 0) is 0 Å². The maximum absolute atomic E-state index is 11.9. The fourth-order valence-corrected chi connectivity index (χ4v) is 1.85. The lowest BCUT2D eigenvalue weighted by Gasteiger charge is -2.14. The maximum atomic E-state index is 11.9. The van der Waals surface area contributed by atoms with Crippen LogP contribution in [0.5, 0.6) is 5.75 Å². The number of carbonyl (C=O) groups excluding carboxylic acids is 1. The highest BCUT2D eigenvalue weighted by atomic mass is 35.5. The van der Waals surface area contributed by atoms with Gasteiger partial charge in [0, 0.05) is 17.5 Å². The third-order valence-corrected chi connectivity index (χ3v) is 3.27. The van der Waals surface area contributed by atoms with Crippen molar-refractivity contribution in [3.63, 3.8) is 0 Å². The molecule has 1 unspecified atom stereocenters. The molecule has 1 atom stereocenters. The zero-order chi connectivity index (χ0) is 14.1. The minimum atomic E-state index is -0.0902. The van der Waals surface area contributed by atoms with Crippen molar-refractivity contribution in [3.8, 4) is 5.75 Å². The van der Waals surface area contributed by atoms with E-state index in [-0.39, 0.29) is 11.9 Å². The topological polar surface area (TPSA) is 38.3 Å². The normalized spacial score (nSPS) is 11.9. The largest absolute Gasteiger partial charge is 0.494 e. The fourth-order valence-electron chi connectivity index (χ4n) is 1.56. The third-order valence-electron chi connectivity index (χ3n) is 2.90. The third kappa shape index (κ3) is 5.52. The van der Waals surface area contributed by atoms with Crippen molar-refractivity contribution >= 4 is 17.5 Å². The van der Waals surface area contributed by atoms with E-state index < -0.39 is 0 Å². The van der Waals surface area contributed by atoms with Gasteiger partial charge in [0.2, 0.25) is 0 Å². The molecule has 1 rings (SSSR count). The molecule has 0 aliphatic carbocycles. The van der Waals surface area contributed by atoms with Crippen LogP contribution in [0.25, 0.3) is 0 Å². The number of hydrogen-bond acceptors (Lipinski definition) is 2. The SMILES string of the molecule is CCCCOc1ccc(C(=O)NC(CC)CCl)cc1. The predicted octanol–water partition coefficient (Wildman–Crippen LogP) is 3.61. The molecule has 1 amide bonds. The lowest BCUT2D eigenvalue weighted by atomic mass is 10.2. The van der Waals surface area contributed by atoms with E-state index in [9.17, 15) is 4.79 Å². The molecule has 106 valence electrons. The van der Waals surface area contributed by atoms with Crippen LogP contribution >= 0.6 is 11.6 Å². The number of hydrogen-bond donors (Lipinski definition) is 1. The van der Waals surface area contributed by atoms with Gasteiger partial charge in [0.05, 0.1) is 6.61 Å². The molecule has 0 heterocycles. The van der Waals surface area contributed by atoms with Gasteiger partial charge in [-0.25, -0.2) is 0 Å². The second kappa shape index (κ2) is 8.81. The summed E-state index contributed by atoms with van der Waals surface area (Å²) in [5, 5.41) is 2.89. The number of amides is 1. The van der Waals surface area contributed by atoms with Gasteiger partial charge in [-0.1, -0.05) is 20.3 Å². The monoisotopic (exact) mass is 283 g/mol. The van der Waals surface area contributed by atoms with Crippen LogP contribution in [0, 0.1) is 0 Å². The highest BCUT2D eigenvalue weighted by Crippen LogP contribution is 2.13. The van der Waals surface area contributed by atoms with Gasteiger partial charge >= 0.3 is 0 Å². The first kappa shape index (κ1) is 15.8. The Morgan fingerprint density at radius 2 is 2.00 bits per heavy atom. The zero-order valence-corrected chi connectivity index (χ0v) is 12.4. The van der Waals surface area contributed by atoms with Gasteiger partial charge in [0.25, 0.3) is 5.91 Å². The van der Waals surface area contributed by atoms with Gasteiger partial charge in [0.1, 0.15) is 5.75 Å². The van der Waals surface area contributed by atoms with Crippen molar-refractivity contribution in [1.82, 2.24) is 5.32 Å². The fraction of sp³-hybridized carbons (Fsp3) is 0.533. The van der Waals surface area contributed by atoms with Gasteiger partial charge in [-0.2, -0.15) is 0 Å². The van der Waals surface area contributed by atoms with Crippen LogP contribution in [0.1, 0.15) is 43.5 Å². The first-order valence-corrected chi connectivity index (χ1v) is 7.34. The molecular weight excluding hydrogens is 262 g/mol. The molecule has 0 saturated heterocycles. The Morgan fingerprint density at radius 1 is 1.32 bits per heavy atom. The molecule has 0 fully saturated rings. The van der Waals surface area contributed by atoms with Crippen molar-refractivity contribution in [3.05, 3.63) is 29.8 Å². The van der Waals surface area contributed by atoms with Gasteiger partial charge in [-0.3, -0.25) is 4.79 Å². The van der Waals surface area contributed by atoms with Crippen LogP contribution in [-0.4, -0.2) is 24.4 Å². The van der Waals surface area contributed by atoms with E-state index in [0.717, 1.165) is 25.0 Å². The van der Waals surface area contributed by atoms with E-state index in [0.29, 0.717) is 18.1 Å². The van der Waals surface area contributed by atoms with Crippen LogP contribution < -0.4 is 10.1 Å². The Kier molecular flexibility index (Phi) is 7.34. The Labute approximate surface area is 120 Å². The molecule has 19 heavy (non-hydrogen) atoms. The van der Waals surface area contributed by atoms with Gasteiger partial charge < -0.3 is 10.1 Å². The van der Waals surface area contributed by atoms with E-state index in [4.69, 9.17) is 16.3 Å². The standard InChI is InChI=1S/C15H22ClNO2/c1-3-5-10-19-14-8-6-12(7-9-14)15(18)17-13(4-2)11-16/h6-9,13H,3-5,10-11H2,1-2H3,(H,17,18). The molecule has 0 saturated carbocycles. The average Bonchev–Trinajstić information content (AvgIpc) is 2.45. The number of nitrogens with one attached hydrogen (secondary N) is 1. The quantitative estimate of drug-likeness (QED) is 0.585. The highest BCUT2D eigenvalue weighted by molar-refractivity contribution is 6.18. The maximum Gasteiger partial charge on any atom is 0.251 e. The van der Waals surface area contributed by atoms with Crippen molar-refractivity contribution in [2.24, 2.45) is 0 Å². The Balaban J connectivity index is 2.52. The summed E-state index contributed by atoms with van der Waals surface area (Å²) in [5.41, 5.74) is 0.631. The molecule has 1 aromatic carbocycles. The lowest BCUT2D eigenvalue weighted by Crippen LogP contribution is -2.35. The summed E-state index contributed by atoms with van der Waals surface area (Å²) in [7, 11) is 0. The van der Waals surface area contributed by atoms with E-state index in [1.54, 1.807) is 12.1 Å². The van der Waals surface area contributed by atoms with Crippen LogP contribution in [0.4, 0.5) is 0 Å². The Hall–Kier alpha value is -1.22. The van der Waals surface area contributed by atoms with E-state index in [1.165, 1.54) is 0 Å². The minimum absolute atomic E-state index is 0.0228. The summed E-state index contributed by atoms with van der Waals surface area (Å²) >= 11 is 5.76. The van der Waals surface area contributed by atoms with Crippen molar-refractivity contribution < 1.29 is 9.53 Å². The molecule has 3 nitrogen and oxygen atoms in total. The first-order chi connectivity index (χ1) is 9.21. The number of halogens is 1. The number of ether oxygens (including phenoxy) is 1. The first-order valence-electron chi connectivity index (χ1n) is 6.80. The van der Waals surface area contributed by atoms with E-state index >= 15 is 0 Å². The summed E-state index contributed by atoms with van der Waals surface area (Å²) in [6, 6.07) is 7.22. The molecule has 0 aromatic heterocycles. The van der Waals surface area contributed by atoms with Gasteiger partial charge in [-0.05, 0) is 37.1 Å². The van der Waals surface area contributed by atoms with Crippen molar-refractivity contribution in [1.29, 1.82) is 0 Å². The number of benzene rings is 1. The predicted molar refractivity (Wildman–Crippen MR) is 79.1 cm³/mol. The van der Waals surface area contributed by atoms with E-state index in [1.807, 2.05) is 19.1 Å². The summed E-state index contributed by atoms with van der Waals surface area (Å²) < 4.78 is 5.55. The van der Waals surface area contributed by atoms with Crippen LogP contribution in [0.15, 0.2) is 24.3 Å². The van der Waals surface area contributed by atoms with Gasteiger partial charge in [-0.15, -0.1) is 11.6 Å². The summed E-state index contributed by atoms with van der Waals surface area (Å²) in [5.74, 6) is 1.14. The number of rotatable bonds is 8. The molecule has 0 aliphatic rings. The molecular formula is C15H22ClNO2. The second-order valence-corrected chi connectivity index (χ2v) is 4.77. The number of carbonyl (C=O) groups is 1. The van der Waals surface area contributed by atoms with Crippen molar-refractivity contribution in [2.75, 3.05) is 12.5 Å². The molecule has 1 N–H and O–H groups in total. The summed E-state index contributed by atoms with van der Waals surface area (Å²) in [6.45, 7) is 4.84. The second-order valence-electron chi connectivity index (χ2n) is 4.46. The molecule has 4 heteroatoms. The highest BCUT2D eigenvalue weighted by Gasteiger charge is 2.11. The molecule has 0 bridgehead atoms. The number of alkyl halides is 1. The molecule has 0 aliphatic heterocycles. The molecule has 0 radical (unpaired) electrons. The minimum Gasteiger partial charge on any atom is -0.494 e. The molecule has 1 aromatic rings. The number of unbranched alkanes of at least 4 members (excludes halogenated alkanes) is 1. The Bertz CT molecular complexity index is 374. The van der Waals surface area contributed by atoms with Crippen LogP contribution in [0.3, 0.4) is 0 Å². The van der Waals surface area contributed by atoms with Gasteiger partial charge in [0.15, 0.2) is 0 Å². The summed E-state index contributed by atoms with van der Waals surface area (Å²) in [4.78, 5) is 11.9. The zero-order valence-electron chi connectivity index (χ0n) is 11.6. The van der Waals surface area contributed by atoms with Crippen molar-refractivity contribution in [2.45, 2.75) is 39.2 Å².